The summed E-state index contributed by atoms with van der Waals surface area (Å²) in [6.45, 7) is 0.0466. The second-order valence-electron chi connectivity index (χ2n) is 6.49. The quantitative estimate of drug-likeness (QED) is 0.591. The van der Waals surface area contributed by atoms with E-state index in [-0.39, 0.29) is 28.4 Å². The Morgan fingerprint density at radius 3 is 2.71 bits per heavy atom. The zero-order valence-corrected chi connectivity index (χ0v) is 16.8. The number of carbonyl (C=O) groups excluding carboxylic acids is 1. The first kappa shape index (κ1) is 22.3. The van der Waals surface area contributed by atoms with Crippen molar-refractivity contribution < 1.29 is 22.7 Å². The minimum Gasteiger partial charge on any atom is -0.482 e. The molecule has 162 valence electrons. The van der Waals surface area contributed by atoms with Crippen molar-refractivity contribution in [3.8, 4) is 17.1 Å². The number of alkyl halides is 3. The number of ether oxygens (including phenoxy) is 1. The fourth-order valence-corrected chi connectivity index (χ4v) is 2.87. The molecular formula is C20H16ClF3N4O3. The van der Waals surface area contributed by atoms with Crippen LogP contribution in [0.5, 0.6) is 5.75 Å². The predicted octanol–water partition coefficient (Wildman–Crippen LogP) is 3.92. The van der Waals surface area contributed by atoms with Crippen molar-refractivity contribution in [3.63, 3.8) is 0 Å². The van der Waals surface area contributed by atoms with Crippen molar-refractivity contribution in [2.24, 2.45) is 0 Å². The molecule has 11 heteroatoms. The van der Waals surface area contributed by atoms with Crippen LogP contribution in [0.15, 0.2) is 47.5 Å². The van der Waals surface area contributed by atoms with E-state index in [9.17, 15) is 22.8 Å². The maximum absolute atomic E-state index is 12.5. The summed E-state index contributed by atoms with van der Waals surface area (Å²) in [5.41, 5.74) is 0.489. The van der Waals surface area contributed by atoms with E-state index in [1.54, 1.807) is 25.3 Å². The number of nitrogens with zero attached hydrogens (tertiary/aromatic N) is 2. The number of carbonyl (C=O) groups is 1. The monoisotopic (exact) mass is 452 g/mol. The molecule has 0 atom stereocenters. The minimum absolute atomic E-state index is 0.0456. The molecule has 0 saturated carbocycles. The topological polar surface area (TPSA) is 97.0 Å². The van der Waals surface area contributed by atoms with Gasteiger partial charge < -0.3 is 15.0 Å². The smallest absolute Gasteiger partial charge is 0.422 e. The molecule has 1 amide bonds. The zero-order chi connectivity index (χ0) is 22.6. The summed E-state index contributed by atoms with van der Waals surface area (Å²) >= 11 is 5.88. The first-order valence-electron chi connectivity index (χ1n) is 8.91. The van der Waals surface area contributed by atoms with Crippen LogP contribution in [-0.2, 0) is 11.2 Å². The third-order valence-electron chi connectivity index (χ3n) is 4.10. The number of rotatable bonds is 6. The number of hydrogen-bond acceptors (Lipinski definition) is 5. The Labute approximate surface area is 179 Å². The minimum atomic E-state index is -4.55. The lowest BCUT2D eigenvalue weighted by molar-refractivity contribution is -0.153. The van der Waals surface area contributed by atoms with E-state index in [0.717, 1.165) is 0 Å². The molecule has 0 fully saturated rings. The number of aryl methyl sites for hydroxylation is 1. The van der Waals surface area contributed by atoms with Gasteiger partial charge in [-0.1, -0.05) is 11.6 Å². The number of amides is 1. The van der Waals surface area contributed by atoms with Crippen LogP contribution >= 0.6 is 11.6 Å². The van der Waals surface area contributed by atoms with Crippen LogP contribution in [0.1, 0.15) is 11.3 Å². The maximum Gasteiger partial charge on any atom is 0.422 e. The first-order valence-corrected chi connectivity index (χ1v) is 9.29. The van der Waals surface area contributed by atoms with Gasteiger partial charge in [0.2, 0.25) is 5.91 Å². The Morgan fingerprint density at radius 2 is 2.06 bits per heavy atom. The summed E-state index contributed by atoms with van der Waals surface area (Å²) in [5, 5.41) is 2.62. The number of anilines is 1. The summed E-state index contributed by atoms with van der Waals surface area (Å²) < 4.78 is 42.1. The van der Waals surface area contributed by atoms with E-state index in [4.69, 9.17) is 16.3 Å². The van der Waals surface area contributed by atoms with Crippen molar-refractivity contribution in [3.05, 3.63) is 69.4 Å². The molecule has 3 aromatic rings. The van der Waals surface area contributed by atoms with E-state index < -0.39 is 24.2 Å². The molecule has 0 aliphatic carbocycles. The summed E-state index contributed by atoms with van der Waals surface area (Å²) in [6, 6.07) is 7.21. The van der Waals surface area contributed by atoms with Crippen molar-refractivity contribution >= 4 is 23.2 Å². The molecule has 31 heavy (non-hydrogen) atoms. The molecule has 0 spiro atoms. The number of pyridine rings is 1. The average Bonchev–Trinajstić information content (AvgIpc) is 2.70. The summed E-state index contributed by atoms with van der Waals surface area (Å²) in [6.07, 6.45) is -1.79. The second kappa shape index (κ2) is 9.17. The van der Waals surface area contributed by atoms with Crippen LogP contribution in [0.2, 0.25) is 5.02 Å². The lowest BCUT2D eigenvalue weighted by Crippen LogP contribution is -2.24. The Bertz CT molecular complexity index is 1150. The summed E-state index contributed by atoms with van der Waals surface area (Å²) in [7, 11) is 0. The van der Waals surface area contributed by atoms with Gasteiger partial charge in [0.1, 0.15) is 11.6 Å². The molecule has 0 aliphatic heterocycles. The Balaban J connectivity index is 1.79. The van der Waals surface area contributed by atoms with Gasteiger partial charge in [-0.3, -0.25) is 14.6 Å². The molecule has 0 saturated heterocycles. The molecule has 0 unspecified atom stereocenters. The van der Waals surface area contributed by atoms with Gasteiger partial charge in [-0.25, -0.2) is 4.98 Å². The molecule has 2 N–H and O–H groups in total. The molecule has 0 aliphatic rings. The van der Waals surface area contributed by atoms with Gasteiger partial charge in [-0.2, -0.15) is 13.2 Å². The lowest BCUT2D eigenvalue weighted by Gasteiger charge is -2.14. The lowest BCUT2D eigenvalue weighted by atomic mass is 10.1. The highest BCUT2D eigenvalue weighted by Gasteiger charge is 2.29. The largest absolute Gasteiger partial charge is 0.482 e. The van der Waals surface area contributed by atoms with E-state index in [2.05, 4.69) is 20.3 Å². The Morgan fingerprint density at radius 1 is 1.29 bits per heavy atom. The van der Waals surface area contributed by atoms with Crippen molar-refractivity contribution in [2.75, 3.05) is 11.9 Å². The van der Waals surface area contributed by atoms with Crippen LogP contribution in [0.3, 0.4) is 0 Å². The van der Waals surface area contributed by atoms with Gasteiger partial charge in [-0.15, -0.1) is 0 Å². The molecule has 3 rings (SSSR count). The van der Waals surface area contributed by atoms with Crippen molar-refractivity contribution in [2.45, 2.75) is 19.5 Å². The maximum atomic E-state index is 12.5. The highest BCUT2D eigenvalue weighted by atomic mass is 35.5. The van der Waals surface area contributed by atoms with Crippen molar-refractivity contribution in [1.29, 1.82) is 0 Å². The van der Waals surface area contributed by atoms with Crippen molar-refractivity contribution in [1.82, 2.24) is 15.0 Å². The van der Waals surface area contributed by atoms with Crippen LogP contribution in [0.25, 0.3) is 11.4 Å². The summed E-state index contributed by atoms with van der Waals surface area (Å²) in [4.78, 5) is 35.8. The van der Waals surface area contributed by atoms with Gasteiger partial charge in [0, 0.05) is 34.2 Å². The van der Waals surface area contributed by atoms with Crippen LogP contribution in [-0.4, -0.2) is 33.6 Å². The predicted molar refractivity (Wildman–Crippen MR) is 108 cm³/mol. The number of benzene rings is 1. The molecule has 1 aromatic carbocycles. The van der Waals surface area contributed by atoms with Crippen LogP contribution in [0.4, 0.5) is 18.9 Å². The van der Waals surface area contributed by atoms with Gasteiger partial charge in [0.15, 0.2) is 6.61 Å². The van der Waals surface area contributed by atoms with Crippen LogP contribution in [0, 0.1) is 6.92 Å². The molecule has 2 heterocycles. The number of halogens is 4. The zero-order valence-electron chi connectivity index (χ0n) is 16.1. The first-order chi connectivity index (χ1) is 14.6. The highest BCUT2D eigenvalue weighted by Crippen LogP contribution is 2.30. The highest BCUT2D eigenvalue weighted by molar-refractivity contribution is 6.31. The third kappa shape index (κ3) is 6.05. The Kier molecular flexibility index (Phi) is 6.59. The number of aromatic nitrogens is 3. The molecule has 0 radical (unpaired) electrons. The summed E-state index contributed by atoms with van der Waals surface area (Å²) in [5.74, 6) is -0.549. The molecule has 0 bridgehead atoms. The number of aromatic amines is 1. The molecular weight excluding hydrogens is 437 g/mol. The average molecular weight is 453 g/mol. The van der Waals surface area contributed by atoms with E-state index in [0.29, 0.717) is 17.1 Å². The Hall–Kier alpha value is -3.40. The van der Waals surface area contributed by atoms with Gasteiger partial charge in [-0.05, 0) is 37.3 Å². The number of nitrogens with one attached hydrogen (secondary N) is 2. The second-order valence-corrected chi connectivity index (χ2v) is 6.93. The van der Waals surface area contributed by atoms with E-state index in [1.807, 2.05) is 0 Å². The number of H-pyrrole nitrogens is 1. The molecule has 7 nitrogen and oxygen atoms in total. The number of hydrogen-bond donors (Lipinski definition) is 2. The fraction of sp³-hybridized carbons (Fsp3) is 0.200. The normalized spacial score (nSPS) is 11.3. The SMILES string of the molecule is Cc1nc(-c2cccnc2)[nH]c(=O)c1CC(=O)Nc1cc(Cl)ccc1OCC(F)(F)F. The van der Waals surface area contributed by atoms with Crippen LogP contribution < -0.4 is 15.6 Å². The van der Waals surface area contributed by atoms with E-state index >= 15 is 0 Å². The van der Waals surface area contributed by atoms with Gasteiger partial charge in [0.25, 0.3) is 5.56 Å². The van der Waals surface area contributed by atoms with Gasteiger partial charge in [0.05, 0.1) is 12.1 Å². The van der Waals surface area contributed by atoms with E-state index in [1.165, 1.54) is 24.4 Å². The van der Waals surface area contributed by atoms with Gasteiger partial charge >= 0.3 is 6.18 Å². The fourth-order valence-electron chi connectivity index (χ4n) is 2.70. The standard InChI is InChI=1S/C20H16ClF3N4O3/c1-11-14(19(30)28-18(26-11)12-3-2-6-25-9-12)8-17(29)27-15-7-13(21)4-5-16(15)31-10-20(22,23)24/h2-7,9H,8,10H2,1H3,(H,27,29)(H,26,28,30). The molecule has 2 aromatic heterocycles. The third-order valence-corrected chi connectivity index (χ3v) is 4.34.